The maximum atomic E-state index is 12.2. The Morgan fingerprint density at radius 2 is 2.04 bits per heavy atom. The summed E-state index contributed by atoms with van der Waals surface area (Å²) in [6, 6.07) is 9.02. The Morgan fingerprint density at radius 3 is 2.70 bits per heavy atom. The number of nitrogens with zero attached hydrogens (tertiary/aromatic N) is 2. The summed E-state index contributed by atoms with van der Waals surface area (Å²) in [7, 11) is 0. The number of aromatic nitrogens is 1. The maximum Gasteiger partial charge on any atom is 0.238 e. The van der Waals surface area contributed by atoms with Crippen LogP contribution in [0.4, 0.5) is 11.4 Å². The predicted octanol–water partition coefficient (Wildman–Crippen LogP) is 2.82. The molecule has 0 fully saturated rings. The largest absolute Gasteiger partial charge is 0.399 e. The minimum atomic E-state index is -0.0896. The number of likely N-dealkylation sites (N-methyl/N-ethyl adjacent to an activating group) is 1. The van der Waals surface area contributed by atoms with Gasteiger partial charge in [0.15, 0.2) is 0 Å². The second-order valence-corrected chi connectivity index (χ2v) is 5.67. The summed E-state index contributed by atoms with van der Waals surface area (Å²) in [5.41, 5.74) is 8.00. The van der Waals surface area contributed by atoms with Crippen LogP contribution in [0.25, 0.3) is 0 Å². The molecule has 0 spiro atoms. The molecule has 0 unspecified atom stereocenters. The summed E-state index contributed by atoms with van der Waals surface area (Å²) in [6.07, 6.45) is 4.44. The number of hydrogen-bond acceptors (Lipinski definition) is 4. The summed E-state index contributed by atoms with van der Waals surface area (Å²) in [5.74, 6) is -0.0896. The van der Waals surface area contributed by atoms with Crippen molar-refractivity contribution in [2.45, 2.75) is 13.3 Å². The van der Waals surface area contributed by atoms with Gasteiger partial charge in [-0.1, -0.05) is 18.5 Å². The summed E-state index contributed by atoms with van der Waals surface area (Å²) in [5, 5.41) is 3.27. The molecule has 6 heteroatoms. The number of amides is 1. The molecule has 1 aromatic carbocycles. The SMILES string of the molecule is CCN(CCc1ccncc1)CC(=O)Nc1ccc(N)cc1Cl. The van der Waals surface area contributed by atoms with Gasteiger partial charge in [0.1, 0.15) is 0 Å². The smallest absolute Gasteiger partial charge is 0.238 e. The number of hydrogen-bond donors (Lipinski definition) is 2. The minimum Gasteiger partial charge on any atom is -0.399 e. The van der Waals surface area contributed by atoms with Crippen LogP contribution in [0.2, 0.25) is 5.02 Å². The van der Waals surface area contributed by atoms with Crippen molar-refractivity contribution < 1.29 is 4.79 Å². The number of rotatable bonds is 7. The molecule has 0 atom stereocenters. The van der Waals surface area contributed by atoms with E-state index in [-0.39, 0.29) is 5.91 Å². The molecule has 5 nitrogen and oxygen atoms in total. The Balaban J connectivity index is 1.86. The Kier molecular flexibility index (Phi) is 6.38. The Labute approximate surface area is 141 Å². The quantitative estimate of drug-likeness (QED) is 0.765. The van der Waals surface area contributed by atoms with E-state index >= 15 is 0 Å². The first-order chi connectivity index (χ1) is 11.1. The second-order valence-electron chi connectivity index (χ2n) is 5.26. The Morgan fingerprint density at radius 1 is 1.30 bits per heavy atom. The van der Waals surface area contributed by atoms with E-state index in [0.29, 0.717) is 22.9 Å². The molecule has 3 N–H and O–H groups in total. The lowest BCUT2D eigenvalue weighted by Gasteiger charge is -2.20. The van der Waals surface area contributed by atoms with Crippen LogP contribution in [0.3, 0.4) is 0 Å². The molecule has 2 aromatic rings. The van der Waals surface area contributed by atoms with Gasteiger partial charge in [-0.3, -0.25) is 14.7 Å². The number of nitrogen functional groups attached to an aromatic ring is 1. The van der Waals surface area contributed by atoms with Crippen LogP contribution in [0.15, 0.2) is 42.7 Å². The zero-order valence-corrected chi connectivity index (χ0v) is 13.9. The van der Waals surface area contributed by atoms with E-state index in [9.17, 15) is 4.79 Å². The molecule has 1 amide bonds. The van der Waals surface area contributed by atoms with Crippen molar-refractivity contribution in [1.82, 2.24) is 9.88 Å². The molecule has 0 radical (unpaired) electrons. The van der Waals surface area contributed by atoms with Crippen LogP contribution in [0.5, 0.6) is 0 Å². The van der Waals surface area contributed by atoms with Crippen LogP contribution < -0.4 is 11.1 Å². The van der Waals surface area contributed by atoms with Crippen LogP contribution >= 0.6 is 11.6 Å². The van der Waals surface area contributed by atoms with Gasteiger partial charge in [0, 0.05) is 24.6 Å². The zero-order valence-electron chi connectivity index (χ0n) is 13.1. The first-order valence-corrected chi connectivity index (χ1v) is 7.92. The average Bonchev–Trinajstić information content (AvgIpc) is 2.55. The molecule has 1 heterocycles. The van der Waals surface area contributed by atoms with Crippen LogP contribution in [-0.4, -0.2) is 35.4 Å². The lowest BCUT2D eigenvalue weighted by Crippen LogP contribution is -2.34. The monoisotopic (exact) mass is 332 g/mol. The van der Waals surface area contributed by atoms with Crippen molar-refractivity contribution in [3.05, 3.63) is 53.3 Å². The van der Waals surface area contributed by atoms with Gasteiger partial charge in [0.25, 0.3) is 0 Å². The molecule has 0 bridgehead atoms. The van der Waals surface area contributed by atoms with Gasteiger partial charge in [0.2, 0.25) is 5.91 Å². The number of benzene rings is 1. The number of anilines is 2. The van der Waals surface area contributed by atoms with Crippen molar-refractivity contribution in [2.24, 2.45) is 0 Å². The topological polar surface area (TPSA) is 71.2 Å². The highest BCUT2D eigenvalue weighted by Gasteiger charge is 2.11. The number of pyridine rings is 1. The molecule has 0 aliphatic rings. The molecular formula is C17H21ClN4O. The van der Waals surface area contributed by atoms with Crippen molar-refractivity contribution in [3.8, 4) is 0 Å². The highest BCUT2D eigenvalue weighted by Crippen LogP contribution is 2.23. The number of carbonyl (C=O) groups excluding carboxylic acids is 1. The molecule has 23 heavy (non-hydrogen) atoms. The summed E-state index contributed by atoms with van der Waals surface area (Å²) in [4.78, 5) is 18.3. The number of halogens is 1. The highest BCUT2D eigenvalue weighted by molar-refractivity contribution is 6.34. The van der Waals surface area contributed by atoms with Gasteiger partial charge in [-0.15, -0.1) is 0 Å². The maximum absolute atomic E-state index is 12.2. The van der Waals surface area contributed by atoms with Crippen LogP contribution in [0.1, 0.15) is 12.5 Å². The summed E-state index contributed by atoms with van der Waals surface area (Å²) >= 11 is 6.07. The van der Waals surface area contributed by atoms with E-state index in [2.05, 4.69) is 15.2 Å². The molecule has 0 saturated heterocycles. The van der Waals surface area contributed by atoms with Crippen LogP contribution in [0, 0.1) is 0 Å². The Bertz CT molecular complexity index is 648. The molecule has 0 aliphatic carbocycles. The number of nitrogens with two attached hydrogens (primary N) is 1. The van der Waals surface area contributed by atoms with Gasteiger partial charge in [-0.25, -0.2) is 0 Å². The van der Waals surface area contributed by atoms with E-state index in [0.717, 1.165) is 19.5 Å². The highest BCUT2D eigenvalue weighted by atomic mass is 35.5. The fraction of sp³-hybridized carbons (Fsp3) is 0.294. The molecule has 0 aliphatic heterocycles. The molecule has 122 valence electrons. The van der Waals surface area contributed by atoms with E-state index < -0.39 is 0 Å². The fourth-order valence-electron chi connectivity index (χ4n) is 2.21. The number of nitrogens with one attached hydrogen (secondary N) is 1. The standard InChI is InChI=1S/C17H21ClN4O/c1-2-22(10-7-13-5-8-20-9-6-13)12-17(23)21-16-4-3-14(19)11-15(16)18/h3-6,8-9,11H,2,7,10,12,19H2,1H3,(H,21,23). The van der Waals surface area contributed by atoms with E-state index in [1.165, 1.54) is 5.56 Å². The summed E-state index contributed by atoms with van der Waals surface area (Å²) in [6.45, 7) is 3.97. The third-order valence-corrected chi connectivity index (χ3v) is 3.86. The normalized spacial score (nSPS) is 10.7. The average molecular weight is 333 g/mol. The molecule has 0 saturated carbocycles. The van der Waals surface area contributed by atoms with Crippen molar-refractivity contribution in [1.29, 1.82) is 0 Å². The third kappa shape index (κ3) is 5.54. The second kappa shape index (κ2) is 8.50. The van der Waals surface area contributed by atoms with E-state index in [1.807, 2.05) is 19.1 Å². The fourth-order valence-corrected chi connectivity index (χ4v) is 2.45. The summed E-state index contributed by atoms with van der Waals surface area (Å²) < 4.78 is 0. The predicted molar refractivity (Wildman–Crippen MR) is 94.5 cm³/mol. The van der Waals surface area contributed by atoms with Crippen LogP contribution in [-0.2, 0) is 11.2 Å². The van der Waals surface area contributed by atoms with Crippen molar-refractivity contribution in [3.63, 3.8) is 0 Å². The first-order valence-electron chi connectivity index (χ1n) is 7.54. The lowest BCUT2D eigenvalue weighted by molar-refractivity contribution is -0.117. The lowest BCUT2D eigenvalue weighted by atomic mass is 10.2. The minimum absolute atomic E-state index is 0.0896. The van der Waals surface area contributed by atoms with Crippen molar-refractivity contribution >= 4 is 28.9 Å². The van der Waals surface area contributed by atoms with Gasteiger partial charge in [-0.05, 0) is 48.9 Å². The molecule has 1 aromatic heterocycles. The van der Waals surface area contributed by atoms with Gasteiger partial charge < -0.3 is 11.1 Å². The number of carbonyl (C=O) groups is 1. The van der Waals surface area contributed by atoms with Gasteiger partial charge in [-0.2, -0.15) is 0 Å². The third-order valence-electron chi connectivity index (χ3n) is 3.55. The van der Waals surface area contributed by atoms with Gasteiger partial charge >= 0.3 is 0 Å². The molecule has 2 rings (SSSR count). The van der Waals surface area contributed by atoms with Crippen molar-refractivity contribution in [2.75, 3.05) is 30.7 Å². The Hall–Kier alpha value is -2.11. The van der Waals surface area contributed by atoms with E-state index in [1.54, 1.807) is 30.6 Å². The zero-order chi connectivity index (χ0) is 16.7. The molecular weight excluding hydrogens is 312 g/mol. The first kappa shape index (κ1) is 17.2. The van der Waals surface area contributed by atoms with E-state index in [4.69, 9.17) is 17.3 Å². The van der Waals surface area contributed by atoms with Gasteiger partial charge in [0.05, 0.1) is 17.3 Å².